The number of pyridine rings is 2. The molecule has 0 saturated carbocycles. The van der Waals surface area contributed by atoms with Crippen LogP contribution in [0.15, 0.2) is 231 Å². The first-order valence-corrected chi connectivity index (χ1v) is 23.4. The van der Waals surface area contributed by atoms with Crippen LogP contribution < -0.4 is 0 Å². The van der Waals surface area contributed by atoms with E-state index < -0.39 is 0 Å². The third kappa shape index (κ3) is 6.31. The molecule has 3 heteroatoms. The molecule has 0 bridgehead atoms. The average molecular weight is 857 g/mol. The Bertz CT molecular complexity index is 3830. The van der Waals surface area contributed by atoms with Crippen molar-refractivity contribution in [1.29, 1.82) is 0 Å². The van der Waals surface area contributed by atoms with Gasteiger partial charge in [-0.05, 0) is 136 Å². The molecule has 0 fully saturated rings. The lowest BCUT2D eigenvalue weighted by atomic mass is 9.84. The average Bonchev–Trinajstić information content (AvgIpc) is 3.77. The van der Waals surface area contributed by atoms with E-state index in [0.717, 1.165) is 34.2 Å². The van der Waals surface area contributed by atoms with Crippen LogP contribution >= 0.6 is 11.3 Å². The molecule has 2 nitrogen and oxygen atoms in total. The van der Waals surface area contributed by atoms with Gasteiger partial charge < -0.3 is 0 Å². The van der Waals surface area contributed by atoms with Gasteiger partial charge in [-0.25, -0.2) is 0 Å². The van der Waals surface area contributed by atoms with Gasteiger partial charge in [0.2, 0.25) is 0 Å². The highest BCUT2D eigenvalue weighted by Gasteiger charge is 2.21. The molecule has 308 valence electrons. The van der Waals surface area contributed by atoms with Crippen LogP contribution in [0.1, 0.15) is 11.1 Å². The fourth-order valence-corrected chi connectivity index (χ4v) is 11.9. The Labute approximate surface area is 386 Å². The lowest BCUT2D eigenvalue weighted by Crippen LogP contribution is -1.95. The van der Waals surface area contributed by atoms with Crippen LogP contribution in [0.3, 0.4) is 0 Å². The lowest BCUT2D eigenvalue weighted by molar-refractivity contribution is 1.24. The molecular formula is C63H40N2S. The maximum Gasteiger partial charge on any atom is 0.0434 e. The van der Waals surface area contributed by atoms with E-state index in [-0.39, 0.29) is 0 Å². The molecule has 10 aromatic carbocycles. The molecule has 3 aromatic heterocycles. The minimum Gasteiger partial charge on any atom is -0.264 e. The lowest BCUT2D eigenvalue weighted by Gasteiger charge is -2.19. The summed E-state index contributed by atoms with van der Waals surface area (Å²) in [5.41, 5.74) is 14.6. The number of hydrogen-bond donors (Lipinski definition) is 0. The summed E-state index contributed by atoms with van der Waals surface area (Å²) >= 11 is 1.92. The highest BCUT2D eigenvalue weighted by Crippen LogP contribution is 2.49. The zero-order valence-corrected chi connectivity index (χ0v) is 36.8. The van der Waals surface area contributed by atoms with Crippen molar-refractivity contribution in [3.8, 4) is 55.6 Å². The van der Waals surface area contributed by atoms with Crippen LogP contribution in [0.25, 0.3) is 119 Å². The van der Waals surface area contributed by atoms with Crippen molar-refractivity contribution >= 4 is 74.6 Å². The van der Waals surface area contributed by atoms with Gasteiger partial charge >= 0.3 is 0 Å². The zero-order valence-electron chi connectivity index (χ0n) is 35.9. The molecule has 0 spiro atoms. The molecular weight excluding hydrogens is 817 g/mol. The number of rotatable bonds is 7. The molecule has 0 N–H and O–H groups in total. The van der Waals surface area contributed by atoms with Gasteiger partial charge in [0.25, 0.3) is 0 Å². The van der Waals surface area contributed by atoms with Gasteiger partial charge in [0, 0.05) is 61.7 Å². The van der Waals surface area contributed by atoms with Crippen molar-refractivity contribution in [2.45, 2.75) is 6.42 Å². The summed E-state index contributed by atoms with van der Waals surface area (Å²) in [6.45, 7) is 0. The van der Waals surface area contributed by atoms with Crippen molar-refractivity contribution < 1.29 is 0 Å². The van der Waals surface area contributed by atoms with E-state index in [1.165, 1.54) is 102 Å². The molecule has 0 radical (unpaired) electrons. The molecule has 0 aliphatic carbocycles. The number of hydrogen-bond acceptors (Lipinski definition) is 3. The van der Waals surface area contributed by atoms with E-state index in [2.05, 4.69) is 204 Å². The highest BCUT2D eigenvalue weighted by molar-refractivity contribution is 7.26. The second kappa shape index (κ2) is 15.8. The fraction of sp³-hybridized carbons (Fsp3) is 0.0159. The quantitative estimate of drug-likeness (QED) is 0.149. The Morgan fingerprint density at radius 2 is 0.788 bits per heavy atom. The fourth-order valence-electron chi connectivity index (χ4n) is 10.6. The Morgan fingerprint density at radius 1 is 0.318 bits per heavy atom. The Balaban J connectivity index is 0.986. The van der Waals surface area contributed by atoms with Crippen molar-refractivity contribution in [1.82, 2.24) is 9.97 Å². The van der Waals surface area contributed by atoms with E-state index in [1.54, 1.807) is 0 Å². The van der Waals surface area contributed by atoms with Crippen LogP contribution in [-0.4, -0.2) is 9.97 Å². The molecule has 0 aliphatic heterocycles. The van der Waals surface area contributed by atoms with Crippen molar-refractivity contribution in [2.75, 3.05) is 0 Å². The van der Waals surface area contributed by atoms with Gasteiger partial charge in [-0.1, -0.05) is 170 Å². The first-order valence-electron chi connectivity index (χ1n) is 22.6. The molecule has 66 heavy (non-hydrogen) atoms. The molecule has 0 unspecified atom stereocenters. The molecule has 0 amide bonds. The first kappa shape index (κ1) is 38.2. The first-order chi connectivity index (χ1) is 32.7. The number of aromatic nitrogens is 2. The number of thiophene rings is 1. The van der Waals surface area contributed by atoms with Crippen LogP contribution in [0, 0.1) is 0 Å². The maximum absolute atomic E-state index is 4.50. The summed E-state index contributed by atoms with van der Waals surface area (Å²) in [6, 6.07) is 76.1. The summed E-state index contributed by atoms with van der Waals surface area (Å²) in [4.78, 5) is 9.00. The SMILES string of the molecule is c1ccc(-c2c3ccccc3c(Cc3ccc4c(c3)sc3c(-c5c6ccccc6c(-c6cc(-c7cccnc7)cc(-c7cccnc7)c6)c6ccccc56)cccc34)c3ccccc23)cc1. The minimum atomic E-state index is 0.842. The van der Waals surface area contributed by atoms with Gasteiger partial charge in [0.1, 0.15) is 0 Å². The van der Waals surface area contributed by atoms with Crippen LogP contribution in [-0.2, 0) is 6.42 Å². The molecule has 13 aromatic rings. The van der Waals surface area contributed by atoms with E-state index in [0.29, 0.717) is 0 Å². The van der Waals surface area contributed by atoms with E-state index in [4.69, 9.17) is 0 Å². The predicted octanol–water partition coefficient (Wildman–Crippen LogP) is 17.4. The Morgan fingerprint density at radius 3 is 1.35 bits per heavy atom. The molecule has 0 saturated heterocycles. The zero-order chi connectivity index (χ0) is 43.6. The standard InChI is InChI=1S/C63H40N2S/c1-2-15-41(16-3-1)60-50-21-6-4-19-47(50)58(48-20-5-7-22-51(48)60)33-40-29-30-49-56-27-12-28-57(63(56)66-59(49)34-40)62-54-25-10-8-23-52(54)61(53-24-9-11-26-55(53)62)46-36-44(42-17-13-31-64-38-42)35-45(37-46)43-18-14-32-65-39-43/h1-32,34-39H,33H2. The monoisotopic (exact) mass is 856 g/mol. The number of benzene rings is 10. The van der Waals surface area contributed by atoms with Gasteiger partial charge in [0.05, 0.1) is 0 Å². The molecule has 13 rings (SSSR count). The summed E-state index contributed by atoms with van der Waals surface area (Å²) in [5, 5.41) is 12.8. The van der Waals surface area contributed by atoms with Crippen LogP contribution in [0.5, 0.6) is 0 Å². The number of fused-ring (bicyclic) bond motifs is 7. The normalized spacial score (nSPS) is 11.7. The second-order valence-corrected chi connectivity index (χ2v) is 18.3. The third-order valence-electron chi connectivity index (χ3n) is 13.5. The third-order valence-corrected chi connectivity index (χ3v) is 14.7. The maximum atomic E-state index is 4.50. The van der Waals surface area contributed by atoms with Gasteiger partial charge in [-0.3, -0.25) is 9.97 Å². The van der Waals surface area contributed by atoms with Crippen LogP contribution in [0.4, 0.5) is 0 Å². The predicted molar refractivity (Wildman–Crippen MR) is 281 cm³/mol. The van der Waals surface area contributed by atoms with Crippen molar-refractivity contribution in [2.24, 2.45) is 0 Å². The molecule has 3 heterocycles. The van der Waals surface area contributed by atoms with Gasteiger partial charge in [-0.2, -0.15) is 0 Å². The number of nitrogens with zero attached hydrogens (tertiary/aromatic N) is 2. The summed E-state index contributed by atoms with van der Waals surface area (Å²) < 4.78 is 2.62. The largest absolute Gasteiger partial charge is 0.264 e. The van der Waals surface area contributed by atoms with Gasteiger partial charge in [-0.15, -0.1) is 11.3 Å². The Hall–Kier alpha value is -8.24. The summed E-state index contributed by atoms with van der Waals surface area (Å²) in [7, 11) is 0. The molecule has 0 aliphatic rings. The van der Waals surface area contributed by atoms with E-state index >= 15 is 0 Å². The van der Waals surface area contributed by atoms with Crippen LogP contribution in [0.2, 0.25) is 0 Å². The molecule has 0 atom stereocenters. The second-order valence-electron chi connectivity index (χ2n) is 17.2. The summed E-state index contributed by atoms with van der Waals surface area (Å²) in [5.74, 6) is 0. The van der Waals surface area contributed by atoms with Gasteiger partial charge in [0.15, 0.2) is 0 Å². The smallest absolute Gasteiger partial charge is 0.0434 e. The van der Waals surface area contributed by atoms with Crippen molar-refractivity contribution in [3.63, 3.8) is 0 Å². The highest BCUT2D eigenvalue weighted by atomic mass is 32.1. The summed E-state index contributed by atoms with van der Waals surface area (Å²) in [6.07, 6.45) is 8.41. The van der Waals surface area contributed by atoms with Crippen molar-refractivity contribution in [3.05, 3.63) is 242 Å². The van der Waals surface area contributed by atoms with E-state index in [1.807, 2.05) is 48.3 Å². The topological polar surface area (TPSA) is 25.8 Å². The Kier molecular flexibility index (Phi) is 9.14. The van der Waals surface area contributed by atoms with E-state index in [9.17, 15) is 0 Å². The minimum absolute atomic E-state index is 0.842.